The Morgan fingerprint density at radius 2 is 1.54 bits per heavy atom. The third-order valence-corrected chi connectivity index (χ3v) is 8.44. The number of amides is 2. The molecular formula is C31H39N3O6S. The van der Waals surface area contributed by atoms with Gasteiger partial charge in [-0.1, -0.05) is 56.7 Å². The Labute approximate surface area is 243 Å². The van der Waals surface area contributed by atoms with Crippen molar-refractivity contribution in [2.45, 2.75) is 50.6 Å². The maximum atomic E-state index is 14.1. The van der Waals surface area contributed by atoms with E-state index in [0.717, 1.165) is 22.7 Å². The SMILES string of the molecule is CCCCNC(=O)[C@H](CC)N(Cc1cccc(OC)c1)C(=O)CN(c1cccc(OC)c1)S(=O)(=O)c1ccccc1. The summed E-state index contributed by atoms with van der Waals surface area (Å²) in [7, 11) is -1.11. The summed E-state index contributed by atoms with van der Waals surface area (Å²) in [5.74, 6) is 0.252. The van der Waals surface area contributed by atoms with Gasteiger partial charge in [-0.25, -0.2) is 8.42 Å². The molecule has 0 bridgehead atoms. The fourth-order valence-electron chi connectivity index (χ4n) is 4.41. The van der Waals surface area contributed by atoms with E-state index >= 15 is 0 Å². The predicted molar refractivity (Wildman–Crippen MR) is 160 cm³/mol. The van der Waals surface area contributed by atoms with Gasteiger partial charge in [0.05, 0.1) is 24.8 Å². The minimum Gasteiger partial charge on any atom is -0.497 e. The Morgan fingerprint density at radius 3 is 2.17 bits per heavy atom. The van der Waals surface area contributed by atoms with Crippen molar-refractivity contribution in [3.05, 3.63) is 84.4 Å². The van der Waals surface area contributed by atoms with Crippen LogP contribution in [-0.4, -0.2) is 58.5 Å². The third kappa shape index (κ3) is 8.23. The lowest BCUT2D eigenvalue weighted by Gasteiger charge is -2.33. The number of ether oxygens (including phenoxy) is 2. The Kier molecular flexibility index (Phi) is 11.6. The van der Waals surface area contributed by atoms with Crippen molar-refractivity contribution >= 4 is 27.5 Å². The average molecular weight is 582 g/mol. The van der Waals surface area contributed by atoms with Crippen LogP contribution in [0.4, 0.5) is 5.69 Å². The lowest BCUT2D eigenvalue weighted by atomic mass is 10.1. The summed E-state index contributed by atoms with van der Waals surface area (Å²) in [6.45, 7) is 3.92. The van der Waals surface area contributed by atoms with Crippen LogP contribution in [0.2, 0.25) is 0 Å². The zero-order chi connectivity index (χ0) is 29.8. The predicted octanol–water partition coefficient (Wildman–Crippen LogP) is 4.62. The number of anilines is 1. The summed E-state index contributed by atoms with van der Waals surface area (Å²) in [6.07, 6.45) is 2.07. The lowest BCUT2D eigenvalue weighted by molar-refractivity contribution is -0.140. The molecule has 3 aromatic carbocycles. The molecule has 1 atom stereocenters. The highest BCUT2D eigenvalue weighted by molar-refractivity contribution is 7.92. The molecule has 0 aliphatic carbocycles. The van der Waals surface area contributed by atoms with E-state index in [2.05, 4.69) is 5.32 Å². The Morgan fingerprint density at radius 1 is 0.878 bits per heavy atom. The van der Waals surface area contributed by atoms with Crippen LogP contribution in [0.5, 0.6) is 11.5 Å². The highest BCUT2D eigenvalue weighted by atomic mass is 32.2. The van der Waals surface area contributed by atoms with E-state index in [0.29, 0.717) is 24.5 Å². The number of rotatable bonds is 15. The van der Waals surface area contributed by atoms with Gasteiger partial charge in [-0.3, -0.25) is 13.9 Å². The van der Waals surface area contributed by atoms with Gasteiger partial charge in [-0.05, 0) is 54.8 Å². The van der Waals surface area contributed by atoms with Gasteiger partial charge in [-0.2, -0.15) is 0 Å². The number of nitrogens with one attached hydrogen (secondary N) is 1. The maximum absolute atomic E-state index is 14.1. The molecule has 9 nitrogen and oxygen atoms in total. The number of hydrogen-bond acceptors (Lipinski definition) is 6. The summed E-state index contributed by atoms with van der Waals surface area (Å²) >= 11 is 0. The van der Waals surface area contributed by atoms with E-state index in [-0.39, 0.29) is 23.0 Å². The number of nitrogens with zero attached hydrogens (tertiary/aromatic N) is 2. The number of methoxy groups -OCH3 is 2. The van der Waals surface area contributed by atoms with E-state index < -0.39 is 28.5 Å². The van der Waals surface area contributed by atoms with Crippen LogP contribution < -0.4 is 19.1 Å². The standard InChI is InChI=1S/C31H39N3O6S/c1-5-7-19-32-31(36)29(6-2)33(22-24-13-11-15-26(20-24)39-3)30(35)23-34(25-14-12-16-27(21-25)40-4)41(37,38)28-17-9-8-10-18-28/h8-18,20-21,29H,5-7,19,22-23H2,1-4H3,(H,32,36)/t29-/m0/s1. The molecule has 3 rings (SSSR count). The van der Waals surface area contributed by atoms with Gasteiger partial charge in [0.15, 0.2) is 0 Å². The van der Waals surface area contributed by atoms with E-state index in [1.165, 1.54) is 24.1 Å². The zero-order valence-corrected chi connectivity index (χ0v) is 24.9. The molecule has 0 heterocycles. The molecule has 10 heteroatoms. The summed E-state index contributed by atoms with van der Waals surface area (Å²) in [4.78, 5) is 28.9. The molecule has 0 radical (unpaired) electrons. The number of carbonyl (C=O) groups is 2. The van der Waals surface area contributed by atoms with Gasteiger partial charge in [0, 0.05) is 19.2 Å². The highest BCUT2D eigenvalue weighted by Crippen LogP contribution is 2.28. The second-order valence-corrected chi connectivity index (χ2v) is 11.3. The van der Waals surface area contributed by atoms with Crippen LogP contribution in [-0.2, 0) is 26.2 Å². The first-order valence-corrected chi connectivity index (χ1v) is 15.1. The van der Waals surface area contributed by atoms with Crippen LogP contribution in [0.25, 0.3) is 0 Å². The van der Waals surface area contributed by atoms with Gasteiger partial charge in [0.25, 0.3) is 10.0 Å². The van der Waals surface area contributed by atoms with Crippen molar-refractivity contribution in [3.8, 4) is 11.5 Å². The van der Waals surface area contributed by atoms with Crippen LogP contribution in [0.1, 0.15) is 38.7 Å². The minimum atomic E-state index is -4.15. The zero-order valence-electron chi connectivity index (χ0n) is 24.1. The minimum absolute atomic E-state index is 0.0410. The van der Waals surface area contributed by atoms with Gasteiger partial charge in [-0.15, -0.1) is 0 Å². The molecule has 0 aliphatic heterocycles. The largest absolute Gasteiger partial charge is 0.497 e. The Hall–Kier alpha value is -4.05. The first-order chi connectivity index (χ1) is 19.7. The molecule has 0 spiro atoms. The van der Waals surface area contributed by atoms with E-state index in [1.807, 2.05) is 26.0 Å². The second kappa shape index (κ2) is 15.1. The number of hydrogen-bond donors (Lipinski definition) is 1. The Bertz CT molecular complexity index is 1400. The van der Waals surface area contributed by atoms with Crippen molar-refractivity contribution in [1.82, 2.24) is 10.2 Å². The summed E-state index contributed by atoms with van der Waals surface area (Å²) in [5, 5.41) is 2.93. The molecule has 0 saturated heterocycles. The molecule has 1 N–H and O–H groups in total. The van der Waals surface area contributed by atoms with Crippen molar-refractivity contribution in [3.63, 3.8) is 0 Å². The molecule has 0 saturated carbocycles. The molecule has 41 heavy (non-hydrogen) atoms. The molecule has 0 unspecified atom stereocenters. The lowest BCUT2D eigenvalue weighted by Crippen LogP contribution is -2.52. The van der Waals surface area contributed by atoms with Crippen molar-refractivity contribution in [1.29, 1.82) is 0 Å². The Balaban J connectivity index is 2.05. The topological polar surface area (TPSA) is 105 Å². The van der Waals surface area contributed by atoms with E-state index in [4.69, 9.17) is 9.47 Å². The van der Waals surface area contributed by atoms with Gasteiger partial charge >= 0.3 is 0 Å². The van der Waals surface area contributed by atoms with Crippen LogP contribution in [0, 0.1) is 0 Å². The van der Waals surface area contributed by atoms with Crippen molar-refractivity contribution < 1.29 is 27.5 Å². The summed E-state index contributed by atoms with van der Waals surface area (Å²) in [5.41, 5.74) is 1.01. The molecule has 220 valence electrons. The van der Waals surface area contributed by atoms with E-state index in [1.54, 1.807) is 61.7 Å². The number of sulfonamides is 1. The molecule has 0 aliphatic rings. The van der Waals surface area contributed by atoms with E-state index in [9.17, 15) is 18.0 Å². The maximum Gasteiger partial charge on any atom is 0.264 e. The summed E-state index contributed by atoms with van der Waals surface area (Å²) in [6, 6.07) is 20.9. The fourth-order valence-corrected chi connectivity index (χ4v) is 5.83. The average Bonchev–Trinajstić information content (AvgIpc) is 3.00. The summed E-state index contributed by atoms with van der Waals surface area (Å²) < 4.78 is 39.5. The number of carbonyl (C=O) groups excluding carboxylic acids is 2. The molecule has 0 fully saturated rings. The molecule has 0 aromatic heterocycles. The first-order valence-electron chi connectivity index (χ1n) is 13.7. The van der Waals surface area contributed by atoms with Crippen LogP contribution >= 0.6 is 0 Å². The monoisotopic (exact) mass is 581 g/mol. The van der Waals surface area contributed by atoms with Gasteiger partial charge < -0.3 is 19.7 Å². The normalized spacial score (nSPS) is 11.8. The van der Waals surface area contributed by atoms with Crippen LogP contribution in [0.15, 0.2) is 83.8 Å². The fraction of sp³-hybridized carbons (Fsp3) is 0.355. The van der Waals surface area contributed by atoms with Crippen molar-refractivity contribution in [2.75, 3.05) is 31.6 Å². The van der Waals surface area contributed by atoms with Crippen LogP contribution in [0.3, 0.4) is 0 Å². The molecule has 3 aromatic rings. The second-order valence-electron chi connectivity index (χ2n) is 9.47. The quantitative estimate of drug-likeness (QED) is 0.263. The molecular weight excluding hydrogens is 542 g/mol. The first kappa shape index (κ1) is 31.5. The smallest absolute Gasteiger partial charge is 0.264 e. The van der Waals surface area contributed by atoms with Gasteiger partial charge in [0.1, 0.15) is 24.1 Å². The third-order valence-electron chi connectivity index (χ3n) is 6.65. The number of benzene rings is 3. The van der Waals surface area contributed by atoms with Gasteiger partial charge in [0.2, 0.25) is 11.8 Å². The van der Waals surface area contributed by atoms with Crippen molar-refractivity contribution in [2.24, 2.45) is 0 Å². The molecule has 2 amide bonds. The highest BCUT2D eigenvalue weighted by Gasteiger charge is 2.33. The number of unbranched alkanes of at least 4 members (excludes halogenated alkanes) is 1.